The second-order valence-corrected chi connectivity index (χ2v) is 4.96. The van der Waals surface area contributed by atoms with Gasteiger partial charge in [-0.1, -0.05) is 63.0 Å². The molecule has 13 heavy (non-hydrogen) atoms. The normalized spacial score (nSPS) is 32.3. The van der Waals surface area contributed by atoms with Crippen molar-refractivity contribution in [2.75, 3.05) is 0 Å². The van der Waals surface area contributed by atoms with E-state index in [1.54, 1.807) is 0 Å². The summed E-state index contributed by atoms with van der Waals surface area (Å²) in [5.41, 5.74) is 0. The van der Waals surface area contributed by atoms with Crippen LogP contribution in [0.3, 0.4) is 0 Å². The fraction of sp³-hybridized carbons (Fsp3) is 1.00. The lowest BCUT2D eigenvalue weighted by Gasteiger charge is -2.21. The maximum absolute atomic E-state index is 2.45. The molecule has 3 heteroatoms. The Bertz CT molecular complexity index is 127. The molecule has 0 N–H and O–H groups in total. The molecule has 2 atom stereocenters. The van der Waals surface area contributed by atoms with E-state index in [1.807, 2.05) is 0 Å². The van der Waals surface area contributed by atoms with E-state index in [9.17, 15) is 0 Å². The Hall–Kier alpha value is 0.195. The van der Waals surface area contributed by atoms with Crippen LogP contribution in [0.1, 0.15) is 51.4 Å². The van der Waals surface area contributed by atoms with Crippen molar-refractivity contribution in [2.24, 2.45) is 0 Å². The van der Waals surface area contributed by atoms with Crippen molar-refractivity contribution >= 4 is 22.8 Å². The van der Waals surface area contributed by atoms with Crippen LogP contribution in [-0.2, 0) is 0 Å². The molecule has 0 bridgehead atoms. The molecule has 0 amide bonds. The van der Waals surface area contributed by atoms with E-state index < -0.39 is 0 Å². The van der Waals surface area contributed by atoms with Crippen LogP contribution in [0.15, 0.2) is 0 Å². The Balaban J connectivity index is 2.30. The smallest absolute Gasteiger partial charge is 0.0741 e. The molecule has 0 heterocycles. The number of rotatable bonds is 1. The minimum atomic E-state index is 0.989. The van der Waals surface area contributed by atoms with Crippen LogP contribution in [0.25, 0.3) is 0 Å². The lowest BCUT2D eigenvalue weighted by atomic mass is 9.44. The molecule has 72 valence electrons. The fourth-order valence-electron chi connectivity index (χ4n) is 2.63. The van der Waals surface area contributed by atoms with Gasteiger partial charge in [0.05, 0.1) is 14.9 Å². The molecule has 0 aliphatic heterocycles. The van der Waals surface area contributed by atoms with Gasteiger partial charge in [-0.05, 0) is 0 Å². The highest BCUT2D eigenvalue weighted by Gasteiger charge is 2.12. The summed E-state index contributed by atoms with van der Waals surface area (Å²) in [5, 5.41) is 0. The highest BCUT2D eigenvalue weighted by atomic mass is 14.1. The Kier molecular flexibility index (Phi) is 5.74. The molecule has 1 saturated carbocycles. The molecule has 0 aromatic rings. The number of hydrogen-bond acceptors (Lipinski definition) is 0. The summed E-state index contributed by atoms with van der Waals surface area (Å²) < 4.78 is 0. The van der Waals surface area contributed by atoms with Gasteiger partial charge in [0.15, 0.2) is 0 Å². The van der Waals surface area contributed by atoms with Gasteiger partial charge < -0.3 is 0 Å². The monoisotopic (exact) mass is 176 g/mol. The molecular formula is C10H23B3. The van der Waals surface area contributed by atoms with Gasteiger partial charge in [0.1, 0.15) is 7.85 Å². The van der Waals surface area contributed by atoms with Crippen molar-refractivity contribution in [3.8, 4) is 0 Å². The first kappa shape index (κ1) is 11.3. The summed E-state index contributed by atoms with van der Waals surface area (Å²) in [6.45, 7) is 0. The molecule has 0 aromatic carbocycles. The maximum atomic E-state index is 2.45. The highest BCUT2D eigenvalue weighted by molar-refractivity contribution is 6.90. The third-order valence-corrected chi connectivity index (χ3v) is 3.62. The van der Waals surface area contributed by atoms with E-state index >= 15 is 0 Å². The predicted molar refractivity (Wildman–Crippen MR) is 68.7 cm³/mol. The molecule has 1 aliphatic rings. The predicted octanol–water partition coefficient (Wildman–Crippen LogP) is 1.32. The Labute approximate surface area is 86.3 Å². The van der Waals surface area contributed by atoms with Crippen molar-refractivity contribution in [3.05, 3.63) is 0 Å². The summed E-state index contributed by atoms with van der Waals surface area (Å²) in [6.07, 6.45) is 11.9. The molecular weight excluding hydrogens is 153 g/mol. The van der Waals surface area contributed by atoms with Crippen molar-refractivity contribution in [2.45, 2.75) is 63.0 Å². The van der Waals surface area contributed by atoms with E-state index in [-0.39, 0.29) is 0 Å². The third kappa shape index (κ3) is 4.83. The van der Waals surface area contributed by atoms with Crippen LogP contribution >= 0.6 is 0 Å². The average Bonchev–Trinajstić information content (AvgIpc) is 2.15. The third-order valence-electron chi connectivity index (χ3n) is 3.62. The second kappa shape index (κ2) is 6.62. The molecule has 1 rings (SSSR count). The quantitative estimate of drug-likeness (QED) is 0.528. The summed E-state index contributed by atoms with van der Waals surface area (Å²) in [5.74, 6) is 2.02. The summed E-state index contributed by atoms with van der Waals surface area (Å²) in [4.78, 5) is 0. The van der Waals surface area contributed by atoms with Gasteiger partial charge in [0.25, 0.3) is 0 Å². The SMILES string of the molecule is BBC1CCCCCCCC(B)C1. The van der Waals surface area contributed by atoms with Crippen molar-refractivity contribution in [1.82, 2.24) is 0 Å². The summed E-state index contributed by atoms with van der Waals surface area (Å²) in [6, 6.07) is 0. The summed E-state index contributed by atoms with van der Waals surface area (Å²) >= 11 is 0. The first-order valence-corrected chi connectivity index (χ1v) is 6.33. The standard InChI is InChI=1S/C10H23B3/c11-9-6-4-2-1-3-5-7-10(8-9)13-12/h9-10,13H,1-8,11-12H2. The molecule has 1 fully saturated rings. The molecule has 0 radical (unpaired) electrons. The van der Waals surface area contributed by atoms with E-state index in [0.29, 0.717) is 0 Å². The van der Waals surface area contributed by atoms with Gasteiger partial charge in [0, 0.05) is 0 Å². The van der Waals surface area contributed by atoms with E-state index in [2.05, 4.69) is 15.6 Å². The van der Waals surface area contributed by atoms with Gasteiger partial charge in [-0.2, -0.15) is 0 Å². The van der Waals surface area contributed by atoms with Crippen molar-refractivity contribution in [1.29, 1.82) is 0 Å². The Morgan fingerprint density at radius 1 is 0.923 bits per heavy atom. The first-order valence-electron chi connectivity index (χ1n) is 6.33. The van der Waals surface area contributed by atoms with Crippen LogP contribution in [0.5, 0.6) is 0 Å². The fourth-order valence-corrected chi connectivity index (χ4v) is 2.63. The first-order chi connectivity index (χ1) is 6.33. The zero-order valence-electron chi connectivity index (χ0n) is 9.52. The van der Waals surface area contributed by atoms with Gasteiger partial charge in [0.2, 0.25) is 0 Å². The second-order valence-electron chi connectivity index (χ2n) is 4.96. The Morgan fingerprint density at radius 2 is 1.54 bits per heavy atom. The van der Waals surface area contributed by atoms with Gasteiger partial charge in [-0.15, -0.1) is 0 Å². The van der Waals surface area contributed by atoms with Crippen LogP contribution in [0.2, 0.25) is 11.6 Å². The molecule has 0 nitrogen and oxygen atoms in total. The Morgan fingerprint density at radius 3 is 2.23 bits per heavy atom. The van der Waals surface area contributed by atoms with E-state index in [4.69, 9.17) is 0 Å². The van der Waals surface area contributed by atoms with Crippen LogP contribution < -0.4 is 0 Å². The maximum Gasteiger partial charge on any atom is 0.105 e. The van der Waals surface area contributed by atoms with Crippen LogP contribution in [0, 0.1) is 0 Å². The van der Waals surface area contributed by atoms with Crippen LogP contribution in [-0.4, -0.2) is 22.8 Å². The molecule has 0 aromatic heterocycles. The molecule has 2 unspecified atom stereocenters. The average molecular weight is 176 g/mol. The largest absolute Gasteiger partial charge is 0.105 e. The van der Waals surface area contributed by atoms with Gasteiger partial charge >= 0.3 is 0 Å². The lowest BCUT2D eigenvalue weighted by molar-refractivity contribution is 0.503. The summed E-state index contributed by atoms with van der Waals surface area (Å²) in [7, 11) is 6.22. The minimum absolute atomic E-state index is 0.989. The zero-order valence-corrected chi connectivity index (χ0v) is 9.52. The van der Waals surface area contributed by atoms with Crippen molar-refractivity contribution < 1.29 is 0 Å². The zero-order chi connectivity index (χ0) is 9.52. The van der Waals surface area contributed by atoms with Crippen LogP contribution in [0.4, 0.5) is 0 Å². The van der Waals surface area contributed by atoms with Crippen molar-refractivity contribution in [3.63, 3.8) is 0 Å². The minimum Gasteiger partial charge on any atom is -0.0741 e. The molecule has 0 saturated heterocycles. The van der Waals surface area contributed by atoms with Gasteiger partial charge in [-0.25, -0.2) is 0 Å². The lowest BCUT2D eigenvalue weighted by Crippen LogP contribution is -2.09. The topological polar surface area (TPSA) is 0 Å². The van der Waals surface area contributed by atoms with Gasteiger partial charge in [-0.3, -0.25) is 0 Å². The molecule has 0 spiro atoms. The molecule has 1 aliphatic carbocycles. The number of hydrogen-bond donors (Lipinski definition) is 0. The highest BCUT2D eigenvalue weighted by Crippen LogP contribution is 2.29. The van der Waals surface area contributed by atoms with E-state index in [1.165, 1.54) is 58.5 Å². The van der Waals surface area contributed by atoms with E-state index in [0.717, 1.165) is 11.6 Å².